The van der Waals surface area contributed by atoms with Gasteiger partial charge in [-0.3, -0.25) is 0 Å². The van der Waals surface area contributed by atoms with Gasteiger partial charge in [0.2, 0.25) is 0 Å². The first-order valence-electron chi connectivity index (χ1n) is 6.93. The molecule has 104 valence electrons. The minimum Gasteiger partial charge on any atom is -0.394 e. The summed E-state index contributed by atoms with van der Waals surface area (Å²) in [6.07, 6.45) is 4.62. The lowest BCUT2D eigenvalue weighted by Crippen LogP contribution is -2.51. The average Bonchev–Trinajstić information content (AvgIpc) is 2.23. The molecule has 0 heterocycles. The molecule has 0 aliphatic rings. The van der Waals surface area contributed by atoms with E-state index >= 15 is 0 Å². The van der Waals surface area contributed by atoms with Gasteiger partial charge in [0.05, 0.1) is 12.7 Å². The lowest BCUT2D eigenvalue weighted by molar-refractivity contribution is 0.0245. The van der Waals surface area contributed by atoms with Crippen molar-refractivity contribution in [1.29, 1.82) is 0 Å². The number of unbranched alkanes of at least 4 members (excludes halogenated alkanes) is 2. The normalized spacial score (nSPS) is 17.1. The zero-order valence-corrected chi connectivity index (χ0v) is 12.3. The highest BCUT2D eigenvalue weighted by Gasteiger charge is 2.26. The Morgan fingerprint density at radius 1 is 1.24 bits per heavy atom. The minimum absolute atomic E-state index is 0.147. The van der Waals surface area contributed by atoms with Crippen LogP contribution < -0.4 is 5.32 Å². The molecule has 0 aliphatic carbocycles. The van der Waals surface area contributed by atoms with Crippen LogP contribution in [-0.2, 0) is 4.74 Å². The number of aliphatic hydroxyl groups is 1. The lowest BCUT2D eigenvalue weighted by atomic mass is 9.95. The van der Waals surface area contributed by atoms with Crippen molar-refractivity contribution in [3.8, 4) is 0 Å². The van der Waals surface area contributed by atoms with E-state index in [0.29, 0.717) is 6.04 Å². The molecule has 2 N–H and O–H groups in total. The Labute approximate surface area is 107 Å². The largest absolute Gasteiger partial charge is 0.394 e. The van der Waals surface area contributed by atoms with Crippen LogP contribution in [0.1, 0.15) is 60.3 Å². The molecule has 0 rings (SSSR count). The Kier molecular flexibility index (Phi) is 8.83. The molecule has 0 spiro atoms. The third-order valence-corrected chi connectivity index (χ3v) is 2.87. The van der Waals surface area contributed by atoms with E-state index in [4.69, 9.17) is 4.74 Å². The molecule has 2 unspecified atom stereocenters. The molecule has 0 aliphatic heterocycles. The van der Waals surface area contributed by atoms with Crippen molar-refractivity contribution < 1.29 is 9.84 Å². The topological polar surface area (TPSA) is 41.5 Å². The highest BCUT2D eigenvalue weighted by Crippen LogP contribution is 2.15. The third kappa shape index (κ3) is 8.58. The average molecular weight is 245 g/mol. The summed E-state index contributed by atoms with van der Waals surface area (Å²) in [7, 11) is 0. The van der Waals surface area contributed by atoms with E-state index in [9.17, 15) is 5.11 Å². The number of nitrogens with one attached hydrogen (secondary N) is 1. The second kappa shape index (κ2) is 8.90. The van der Waals surface area contributed by atoms with Crippen LogP contribution in [0, 0.1) is 0 Å². The Bertz CT molecular complexity index is 185. The Morgan fingerprint density at radius 2 is 1.88 bits per heavy atom. The van der Waals surface area contributed by atoms with Crippen LogP contribution in [0.25, 0.3) is 0 Å². The molecule has 0 aromatic heterocycles. The fraction of sp³-hybridized carbons (Fsp3) is 1.00. The predicted octanol–water partition coefficient (Wildman–Crippen LogP) is 2.72. The van der Waals surface area contributed by atoms with Crippen LogP contribution in [0.4, 0.5) is 0 Å². The molecule has 0 bridgehead atoms. The molecular weight excluding hydrogens is 214 g/mol. The van der Waals surface area contributed by atoms with E-state index in [1.165, 1.54) is 12.8 Å². The summed E-state index contributed by atoms with van der Waals surface area (Å²) in [5.41, 5.74) is -0.238. The van der Waals surface area contributed by atoms with Gasteiger partial charge >= 0.3 is 0 Å². The van der Waals surface area contributed by atoms with Crippen molar-refractivity contribution in [2.45, 2.75) is 78.0 Å². The summed E-state index contributed by atoms with van der Waals surface area (Å²) in [6.45, 7) is 11.5. The molecule has 0 saturated heterocycles. The molecule has 0 amide bonds. The van der Waals surface area contributed by atoms with Crippen LogP contribution in [-0.4, -0.2) is 36.0 Å². The van der Waals surface area contributed by atoms with Gasteiger partial charge in [0, 0.05) is 18.2 Å². The molecule has 0 aromatic carbocycles. The highest BCUT2D eigenvalue weighted by molar-refractivity contribution is 4.85. The molecule has 0 saturated carbocycles. The number of hydrogen-bond acceptors (Lipinski definition) is 3. The third-order valence-electron chi connectivity index (χ3n) is 2.87. The van der Waals surface area contributed by atoms with Gasteiger partial charge in [-0.25, -0.2) is 0 Å². The van der Waals surface area contributed by atoms with Crippen molar-refractivity contribution in [3.05, 3.63) is 0 Å². The number of ether oxygens (including phenoxy) is 1. The van der Waals surface area contributed by atoms with E-state index in [0.717, 1.165) is 19.4 Å². The van der Waals surface area contributed by atoms with Crippen LogP contribution in [0.15, 0.2) is 0 Å². The van der Waals surface area contributed by atoms with Crippen molar-refractivity contribution in [3.63, 3.8) is 0 Å². The SMILES string of the molecule is CCCCCOC(C)CC(C)(CO)NC(C)C. The highest BCUT2D eigenvalue weighted by atomic mass is 16.5. The van der Waals surface area contributed by atoms with Crippen LogP contribution in [0.2, 0.25) is 0 Å². The Balaban J connectivity index is 3.92. The van der Waals surface area contributed by atoms with E-state index in [2.05, 4.69) is 39.9 Å². The minimum atomic E-state index is -0.238. The maximum atomic E-state index is 9.47. The Hall–Kier alpha value is -0.120. The quantitative estimate of drug-likeness (QED) is 0.582. The summed E-state index contributed by atoms with van der Waals surface area (Å²) in [4.78, 5) is 0. The van der Waals surface area contributed by atoms with Crippen molar-refractivity contribution >= 4 is 0 Å². The smallest absolute Gasteiger partial charge is 0.0611 e. The van der Waals surface area contributed by atoms with Gasteiger partial charge in [-0.15, -0.1) is 0 Å². The first kappa shape index (κ1) is 16.9. The first-order valence-corrected chi connectivity index (χ1v) is 6.93. The maximum Gasteiger partial charge on any atom is 0.0611 e. The maximum absolute atomic E-state index is 9.47. The van der Waals surface area contributed by atoms with Crippen molar-refractivity contribution in [1.82, 2.24) is 5.32 Å². The summed E-state index contributed by atoms with van der Waals surface area (Å²) in [6, 6.07) is 0.374. The summed E-state index contributed by atoms with van der Waals surface area (Å²) >= 11 is 0. The van der Waals surface area contributed by atoms with Crippen molar-refractivity contribution in [2.24, 2.45) is 0 Å². The molecule has 3 heteroatoms. The molecule has 0 fully saturated rings. The summed E-state index contributed by atoms with van der Waals surface area (Å²) in [5.74, 6) is 0. The monoisotopic (exact) mass is 245 g/mol. The fourth-order valence-electron chi connectivity index (χ4n) is 2.20. The zero-order valence-electron chi connectivity index (χ0n) is 12.3. The zero-order chi connectivity index (χ0) is 13.3. The summed E-state index contributed by atoms with van der Waals surface area (Å²) in [5, 5.41) is 12.9. The van der Waals surface area contributed by atoms with E-state index < -0.39 is 0 Å². The lowest BCUT2D eigenvalue weighted by Gasteiger charge is -2.33. The second-order valence-corrected chi connectivity index (χ2v) is 5.61. The molecular formula is C14H31NO2. The van der Waals surface area contributed by atoms with Gasteiger partial charge in [-0.2, -0.15) is 0 Å². The second-order valence-electron chi connectivity index (χ2n) is 5.61. The number of hydrogen-bond donors (Lipinski definition) is 2. The number of rotatable bonds is 10. The van der Waals surface area contributed by atoms with Crippen LogP contribution >= 0.6 is 0 Å². The van der Waals surface area contributed by atoms with Gasteiger partial charge in [-0.1, -0.05) is 33.6 Å². The molecule has 17 heavy (non-hydrogen) atoms. The molecule has 0 aromatic rings. The van der Waals surface area contributed by atoms with Gasteiger partial charge in [0.25, 0.3) is 0 Å². The summed E-state index contributed by atoms with van der Waals surface area (Å²) < 4.78 is 5.77. The van der Waals surface area contributed by atoms with Gasteiger partial charge < -0.3 is 15.2 Å². The molecule has 0 radical (unpaired) electrons. The molecule has 2 atom stereocenters. The van der Waals surface area contributed by atoms with Gasteiger partial charge in [0.15, 0.2) is 0 Å². The van der Waals surface area contributed by atoms with E-state index in [-0.39, 0.29) is 18.2 Å². The fourth-order valence-corrected chi connectivity index (χ4v) is 2.20. The first-order chi connectivity index (χ1) is 7.93. The van der Waals surface area contributed by atoms with Crippen LogP contribution in [0.3, 0.4) is 0 Å². The van der Waals surface area contributed by atoms with Crippen LogP contribution in [0.5, 0.6) is 0 Å². The predicted molar refractivity (Wildman–Crippen MR) is 73.3 cm³/mol. The Morgan fingerprint density at radius 3 is 2.35 bits per heavy atom. The van der Waals surface area contributed by atoms with E-state index in [1.54, 1.807) is 0 Å². The van der Waals surface area contributed by atoms with Gasteiger partial charge in [0.1, 0.15) is 0 Å². The standard InChI is InChI=1S/C14H31NO2/c1-6-7-8-9-17-13(4)10-14(5,11-16)15-12(2)3/h12-13,15-16H,6-11H2,1-5H3. The van der Waals surface area contributed by atoms with Crippen molar-refractivity contribution in [2.75, 3.05) is 13.2 Å². The van der Waals surface area contributed by atoms with Gasteiger partial charge in [-0.05, 0) is 26.7 Å². The van der Waals surface area contributed by atoms with E-state index in [1.807, 2.05) is 0 Å². The number of aliphatic hydroxyl groups excluding tert-OH is 1. The molecule has 3 nitrogen and oxygen atoms in total.